The van der Waals surface area contributed by atoms with E-state index in [0.29, 0.717) is 17.6 Å². The maximum absolute atomic E-state index is 5.91. The molecule has 0 aromatic heterocycles. The van der Waals surface area contributed by atoms with Crippen molar-refractivity contribution in [2.24, 2.45) is 5.41 Å². The Hall–Kier alpha value is -0.120. The second-order valence-electron chi connectivity index (χ2n) is 7.16. The molecule has 112 valence electrons. The number of rotatable bonds is 4. The highest BCUT2D eigenvalue weighted by Crippen LogP contribution is 2.44. The van der Waals surface area contributed by atoms with Crippen LogP contribution in [0.1, 0.15) is 46.0 Å². The zero-order valence-electron chi connectivity index (χ0n) is 13.3. The maximum atomic E-state index is 5.91. The zero-order valence-corrected chi connectivity index (χ0v) is 13.3. The molecule has 2 aliphatic heterocycles. The fourth-order valence-corrected chi connectivity index (χ4v) is 4.07. The normalized spacial score (nSPS) is 32.1. The van der Waals surface area contributed by atoms with Crippen molar-refractivity contribution >= 4 is 0 Å². The molecule has 2 rings (SSSR count). The number of nitrogens with zero attached hydrogens (tertiary/aromatic N) is 2. The minimum Gasteiger partial charge on any atom is -0.376 e. The second kappa shape index (κ2) is 6.55. The largest absolute Gasteiger partial charge is 0.376 e. The zero-order chi connectivity index (χ0) is 13.9. The third-order valence-electron chi connectivity index (χ3n) is 4.90. The molecule has 0 amide bonds. The fraction of sp³-hybridized carbons (Fsp3) is 1.00. The first-order chi connectivity index (χ1) is 8.99. The lowest BCUT2D eigenvalue weighted by molar-refractivity contribution is -0.104. The smallest absolute Gasteiger partial charge is 0.0556 e. The highest BCUT2D eigenvalue weighted by molar-refractivity contribution is 4.91. The summed E-state index contributed by atoms with van der Waals surface area (Å²) in [5.74, 6) is 0. The Morgan fingerprint density at radius 3 is 2.21 bits per heavy atom. The molecule has 2 saturated heterocycles. The molecule has 0 saturated carbocycles. The quantitative estimate of drug-likeness (QED) is 0.779. The molecule has 0 aliphatic carbocycles. The Labute approximate surface area is 119 Å². The Bertz CT molecular complexity index is 260. The minimum atomic E-state index is 0.462. The SMILES string of the molecule is C[C@H]1CC2(CCN(CCCN(C)C)CC2)C[C@H](C)O1. The van der Waals surface area contributed by atoms with Gasteiger partial charge in [0, 0.05) is 0 Å². The van der Waals surface area contributed by atoms with Gasteiger partial charge >= 0.3 is 0 Å². The maximum Gasteiger partial charge on any atom is 0.0556 e. The lowest BCUT2D eigenvalue weighted by Gasteiger charge is -2.48. The van der Waals surface area contributed by atoms with E-state index in [1.54, 1.807) is 0 Å². The average Bonchev–Trinajstić information content (AvgIpc) is 2.30. The van der Waals surface area contributed by atoms with Crippen molar-refractivity contribution in [2.45, 2.75) is 58.2 Å². The molecule has 3 nitrogen and oxygen atoms in total. The van der Waals surface area contributed by atoms with Crippen molar-refractivity contribution in [2.75, 3.05) is 40.3 Å². The predicted molar refractivity (Wildman–Crippen MR) is 80.5 cm³/mol. The average molecular weight is 268 g/mol. The highest BCUT2D eigenvalue weighted by atomic mass is 16.5. The van der Waals surface area contributed by atoms with Crippen LogP contribution < -0.4 is 0 Å². The molecule has 0 bridgehead atoms. The van der Waals surface area contributed by atoms with Crippen LogP contribution in [0.15, 0.2) is 0 Å². The van der Waals surface area contributed by atoms with Gasteiger partial charge in [0.05, 0.1) is 12.2 Å². The topological polar surface area (TPSA) is 15.7 Å². The van der Waals surface area contributed by atoms with Gasteiger partial charge in [-0.2, -0.15) is 0 Å². The first-order valence-electron chi connectivity index (χ1n) is 8.02. The number of ether oxygens (including phenoxy) is 1. The molecular weight excluding hydrogens is 236 g/mol. The van der Waals surface area contributed by atoms with E-state index >= 15 is 0 Å². The van der Waals surface area contributed by atoms with Gasteiger partial charge in [0.25, 0.3) is 0 Å². The molecule has 2 heterocycles. The van der Waals surface area contributed by atoms with E-state index in [1.165, 1.54) is 58.3 Å². The van der Waals surface area contributed by atoms with E-state index in [0.717, 1.165) is 0 Å². The first-order valence-corrected chi connectivity index (χ1v) is 8.02. The van der Waals surface area contributed by atoms with Crippen LogP contribution in [0.4, 0.5) is 0 Å². The van der Waals surface area contributed by atoms with Crippen molar-refractivity contribution < 1.29 is 4.74 Å². The summed E-state index contributed by atoms with van der Waals surface area (Å²) < 4.78 is 5.91. The van der Waals surface area contributed by atoms with Gasteiger partial charge in [-0.1, -0.05) is 0 Å². The third-order valence-corrected chi connectivity index (χ3v) is 4.90. The van der Waals surface area contributed by atoms with Crippen LogP contribution in [0.2, 0.25) is 0 Å². The van der Waals surface area contributed by atoms with E-state index in [1.807, 2.05) is 0 Å². The van der Waals surface area contributed by atoms with Gasteiger partial charge < -0.3 is 14.5 Å². The summed E-state index contributed by atoms with van der Waals surface area (Å²) in [6.07, 6.45) is 7.55. The van der Waals surface area contributed by atoms with Crippen LogP contribution in [0.3, 0.4) is 0 Å². The van der Waals surface area contributed by atoms with Crippen molar-refractivity contribution in [3.8, 4) is 0 Å². The highest BCUT2D eigenvalue weighted by Gasteiger charge is 2.40. The second-order valence-corrected chi connectivity index (χ2v) is 7.16. The Morgan fingerprint density at radius 2 is 1.68 bits per heavy atom. The summed E-state index contributed by atoms with van der Waals surface area (Å²) in [7, 11) is 4.33. The molecular formula is C16H32N2O. The van der Waals surface area contributed by atoms with Gasteiger partial charge in [0.15, 0.2) is 0 Å². The summed E-state index contributed by atoms with van der Waals surface area (Å²) in [5.41, 5.74) is 0.592. The molecule has 0 aromatic carbocycles. The van der Waals surface area contributed by atoms with Crippen molar-refractivity contribution in [3.05, 3.63) is 0 Å². The Kier molecular flexibility index (Phi) is 5.27. The van der Waals surface area contributed by atoms with E-state index < -0.39 is 0 Å². The van der Waals surface area contributed by atoms with Crippen LogP contribution in [0.5, 0.6) is 0 Å². The first kappa shape index (κ1) is 15.3. The third kappa shape index (κ3) is 4.44. The summed E-state index contributed by atoms with van der Waals surface area (Å²) in [4.78, 5) is 4.95. The Balaban J connectivity index is 1.75. The van der Waals surface area contributed by atoms with Gasteiger partial charge in [-0.25, -0.2) is 0 Å². The minimum absolute atomic E-state index is 0.462. The summed E-state index contributed by atoms with van der Waals surface area (Å²) in [6.45, 7) is 9.58. The van der Waals surface area contributed by atoms with Crippen molar-refractivity contribution in [3.63, 3.8) is 0 Å². The number of hydrogen-bond donors (Lipinski definition) is 0. The number of likely N-dealkylation sites (tertiary alicyclic amines) is 1. The molecule has 0 aromatic rings. The van der Waals surface area contributed by atoms with Gasteiger partial charge in [-0.15, -0.1) is 0 Å². The van der Waals surface area contributed by atoms with Gasteiger partial charge in [-0.05, 0) is 91.6 Å². The molecule has 3 heteroatoms. The van der Waals surface area contributed by atoms with E-state index in [4.69, 9.17) is 4.74 Å². The molecule has 0 N–H and O–H groups in total. The Morgan fingerprint density at radius 1 is 1.11 bits per heavy atom. The summed E-state index contributed by atoms with van der Waals surface area (Å²) in [5, 5.41) is 0. The van der Waals surface area contributed by atoms with Crippen molar-refractivity contribution in [1.29, 1.82) is 0 Å². The molecule has 1 spiro atoms. The summed E-state index contributed by atoms with van der Waals surface area (Å²) in [6, 6.07) is 0. The van der Waals surface area contributed by atoms with Crippen LogP contribution in [0.25, 0.3) is 0 Å². The lowest BCUT2D eigenvalue weighted by atomic mass is 9.69. The van der Waals surface area contributed by atoms with Gasteiger partial charge in [0.1, 0.15) is 0 Å². The summed E-state index contributed by atoms with van der Waals surface area (Å²) >= 11 is 0. The van der Waals surface area contributed by atoms with Gasteiger partial charge in [0.2, 0.25) is 0 Å². The number of piperidine rings is 1. The van der Waals surface area contributed by atoms with E-state index in [2.05, 4.69) is 37.7 Å². The molecule has 2 fully saturated rings. The predicted octanol–water partition coefficient (Wildman–Crippen LogP) is 2.61. The van der Waals surface area contributed by atoms with E-state index in [9.17, 15) is 0 Å². The van der Waals surface area contributed by atoms with Crippen LogP contribution in [-0.2, 0) is 4.74 Å². The monoisotopic (exact) mass is 268 g/mol. The fourth-order valence-electron chi connectivity index (χ4n) is 4.07. The van der Waals surface area contributed by atoms with E-state index in [-0.39, 0.29) is 0 Å². The number of hydrogen-bond acceptors (Lipinski definition) is 3. The molecule has 2 aliphatic rings. The van der Waals surface area contributed by atoms with Crippen LogP contribution in [-0.4, -0.2) is 62.3 Å². The van der Waals surface area contributed by atoms with Crippen LogP contribution in [0, 0.1) is 5.41 Å². The lowest BCUT2D eigenvalue weighted by Crippen LogP contribution is -2.46. The standard InChI is InChI=1S/C16H32N2O/c1-14-12-16(13-15(2)19-14)6-10-18(11-7-16)9-5-8-17(3)4/h14-15H,5-13H2,1-4H3/t14-,15-/m0/s1. The molecule has 0 unspecified atom stereocenters. The van der Waals surface area contributed by atoms with Crippen LogP contribution >= 0.6 is 0 Å². The molecule has 19 heavy (non-hydrogen) atoms. The molecule has 0 radical (unpaired) electrons. The van der Waals surface area contributed by atoms with Gasteiger partial charge in [-0.3, -0.25) is 0 Å². The molecule has 2 atom stereocenters. The van der Waals surface area contributed by atoms with Crippen molar-refractivity contribution in [1.82, 2.24) is 9.80 Å².